The minimum atomic E-state index is 0.341. The van der Waals surface area contributed by atoms with Crippen LogP contribution < -0.4 is 5.32 Å². The van der Waals surface area contributed by atoms with Crippen molar-refractivity contribution < 1.29 is 0 Å². The molecule has 1 unspecified atom stereocenters. The number of rotatable bonds is 5. The molecule has 0 fully saturated rings. The van der Waals surface area contributed by atoms with E-state index < -0.39 is 0 Å². The highest BCUT2D eigenvalue weighted by atomic mass is 14.9. The van der Waals surface area contributed by atoms with E-state index in [2.05, 4.69) is 36.1 Å². The largest absolute Gasteiger partial charge is 0.309 e. The Morgan fingerprint density at radius 3 is 2.64 bits per heavy atom. The van der Waals surface area contributed by atoms with E-state index in [1.807, 2.05) is 6.20 Å². The highest BCUT2D eigenvalue weighted by Crippen LogP contribution is 2.18. The van der Waals surface area contributed by atoms with Gasteiger partial charge in [0.1, 0.15) is 0 Å². The molecule has 1 heterocycles. The van der Waals surface area contributed by atoms with E-state index in [9.17, 15) is 0 Å². The first kappa shape index (κ1) is 11.1. The van der Waals surface area contributed by atoms with Gasteiger partial charge in [0.05, 0.1) is 11.7 Å². The third kappa shape index (κ3) is 3.42. The van der Waals surface area contributed by atoms with Crippen LogP contribution in [0.5, 0.6) is 0 Å². The Morgan fingerprint density at radius 1 is 1.36 bits per heavy atom. The fourth-order valence-electron chi connectivity index (χ4n) is 1.52. The Balaban J connectivity index is 2.67. The summed E-state index contributed by atoms with van der Waals surface area (Å²) in [4.78, 5) is 8.42. The number of hydrogen-bond acceptors (Lipinski definition) is 3. The van der Waals surface area contributed by atoms with Crippen LogP contribution in [0.3, 0.4) is 0 Å². The second-order valence-electron chi connectivity index (χ2n) is 3.87. The molecule has 0 aliphatic heterocycles. The van der Waals surface area contributed by atoms with Crippen molar-refractivity contribution in [1.82, 2.24) is 15.3 Å². The predicted molar refractivity (Wildman–Crippen MR) is 57.9 cm³/mol. The second kappa shape index (κ2) is 5.70. The normalized spacial score (nSPS) is 13.1. The lowest BCUT2D eigenvalue weighted by Gasteiger charge is -2.18. The van der Waals surface area contributed by atoms with Gasteiger partial charge in [-0.2, -0.15) is 0 Å². The lowest BCUT2D eigenvalue weighted by molar-refractivity contribution is 0.430. The minimum Gasteiger partial charge on any atom is -0.309 e. The summed E-state index contributed by atoms with van der Waals surface area (Å²) >= 11 is 0. The van der Waals surface area contributed by atoms with Gasteiger partial charge in [0, 0.05) is 18.6 Å². The van der Waals surface area contributed by atoms with Crippen LogP contribution in [0, 0.1) is 5.92 Å². The first-order chi connectivity index (χ1) is 6.74. The predicted octanol–water partition coefficient (Wildman–Crippen LogP) is 2.17. The molecular formula is C11H19N3. The summed E-state index contributed by atoms with van der Waals surface area (Å²) < 4.78 is 0. The van der Waals surface area contributed by atoms with Crippen LogP contribution in [0.4, 0.5) is 0 Å². The van der Waals surface area contributed by atoms with Crippen molar-refractivity contribution in [3.05, 3.63) is 24.3 Å². The number of aromatic nitrogens is 2. The fourth-order valence-corrected chi connectivity index (χ4v) is 1.52. The second-order valence-corrected chi connectivity index (χ2v) is 3.87. The number of nitrogens with zero attached hydrogens (tertiary/aromatic N) is 2. The number of nitrogens with one attached hydrogen (secondary N) is 1. The van der Waals surface area contributed by atoms with Crippen LogP contribution in [0.2, 0.25) is 0 Å². The molecule has 0 aliphatic rings. The van der Waals surface area contributed by atoms with E-state index in [4.69, 9.17) is 0 Å². The summed E-state index contributed by atoms with van der Waals surface area (Å²) in [5, 5.41) is 3.43. The SMILES string of the molecule is CCNC(CC(C)C)c1cnccn1. The van der Waals surface area contributed by atoms with Gasteiger partial charge < -0.3 is 5.32 Å². The van der Waals surface area contributed by atoms with E-state index in [1.54, 1.807) is 12.4 Å². The maximum absolute atomic E-state index is 4.33. The van der Waals surface area contributed by atoms with Gasteiger partial charge in [0.15, 0.2) is 0 Å². The lowest BCUT2D eigenvalue weighted by atomic mass is 10.0. The van der Waals surface area contributed by atoms with Crippen molar-refractivity contribution in [3.63, 3.8) is 0 Å². The third-order valence-corrected chi connectivity index (χ3v) is 2.10. The monoisotopic (exact) mass is 193 g/mol. The molecule has 0 aromatic carbocycles. The molecule has 0 bridgehead atoms. The molecule has 3 heteroatoms. The van der Waals surface area contributed by atoms with Crippen molar-refractivity contribution >= 4 is 0 Å². The highest BCUT2D eigenvalue weighted by molar-refractivity contribution is 5.02. The first-order valence-electron chi connectivity index (χ1n) is 5.23. The molecule has 0 saturated heterocycles. The van der Waals surface area contributed by atoms with Gasteiger partial charge in [0.2, 0.25) is 0 Å². The molecule has 0 spiro atoms. The van der Waals surface area contributed by atoms with Crippen molar-refractivity contribution in [1.29, 1.82) is 0 Å². The van der Waals surface area contributed by atoms with Crippen LogP contribution >= 0.6 is 0 Å². The summed E-state index contributed by atoms with van der Waals surface area (Å²) in [6.07, 6.45) is 6.41. The topological polar surface area (TPSA) is 37.8 Å². The molecule has 1 N–H and O–H groups in total. The van der Waals surface area contributed by atoms with Crippen LogP contribution in [0.25, 0.3) is 0 Å². The Hall–Kier alpha value is -0.960. The van der Waals surface area contributed by atoms with E-state index in [0.29, 0.717) is 12.0 Å². The summed E-state index contributed by atoms with van der Waals surface area (Å²) in [5.41, 5.74) is 1.04. The van der Waals surface area contributed by atoms with E-state index in [1.165, 1.54) is 0 Å². The van der Waals surface area contributed by atoms with Gasteiger partial charge in [-0.3, -0.25) is 9.97 Å². The Bertz CT molecular complexity index is 246. The molecule has 1 aromatic rings. The molecule has 1 aromatic heterocycles. The minimum absolute atomic E-state index is 0.341. The van der Waals surface area contributed by atoms with Gasteiger partial charge in [-0.25, -0.2) is 0 Å². The molecule has 14 heavy (non-hydrogen) atoms. The maximum atomic E-state index is 4.33. The zero-order chi connectivity index (χ0) is 10.4. The molecule has 78 valence electrons. The van der Waals surface area contributed by atoms with Crippen molar-refractivity contribution in [3.8, 4) is 0 Å². The van der Waals surface area contributed by atoms with Gasteiger partial charge in [-0.15, -0.1) is 0 Å². The fraction of sp³-hybridized carbons (Fsp3) is 0.636. The van der Waals surface area contributed by atoms with Crippen molar-refractivity contribution in [2.75, 3.05) is 6.54 Å². The smallest absolute Gasteiger partial charge is 0.0756 e. The standard InChI is InChI=1S/C11H19N3/c1-4-13-10(7-9(2)3)11-8-12-5-6-14-11/h5-6,8-10,13H,4,7H2,1-3H3. The average molecular weight is 193 g/mol. The van der Waals surface area contributed by atoms with Gasteiger partial charge in [-0.1, -0.05) is 20.8 Å². The summed E-state index contributed by atoms with van der Waals surface area (Å²) in [5.74, 6) is 0.668. The summed E-state index contributed by atoms with van der Waals surface area (Å²) in [7, 11) is 0. The zero-order valence-electron chi connectivity index (χ0n) is 9.20. The average Bonchev–Trinajstić information content (AvgIpc) is 2.18. The van der Waals surface area contributed by atoms with Gasteiger partial charge in [0.25, 0.3) is 0 Å². The molecule has 0 aliphatic carbocycles. The molecule has 0 saturated carbocycles. The van der Waals surface area contributed by atoms with Crippen LogP contribution in [-0.4, -0.2) is 16.5 Å². The quantitative estimate of drug-likeness (QED) is 0.778. The molecular weight excluding hydrogens is 174 g/mol. The van der Waals surface area contributed by atoms with E-state index in [0.717, 1.165) is 18.7 Å². The molecule has 3 nitrogen and oxygen atoms in total. The first-order valence-corrected chi connectivity index (χ1v) is 5.23. The third-order valence-electron chi connectivity index (χ3n) is 2.10. The van der Waals surface area contributed by atoms with E-state index in [-0.39, 0.29) is 0 Å². The van der Waals surface area contributed by atoms with Crippen LogP contribution in [0.15, 0.2) is 18.6 Å². The van der Waals surface area contributed by atoms with Crippen LogP contribution in [0.1, 0.15) is 38.9 Å². The Labute approximate surface area is 86.0 Å². The van der Waals surface area contributed by atoms with Crippen LogP contribution in [-0.2, 0) is 0 Å². The van der Waals surface area contributed by atoms with Gasteiger partial charge >= 0.3 is 0 Å². The lowest BCUT2D eigenvalue weighted by Crippen LogP contribution is -2.23. The zero-order valence-corrected chi connectivity index (χ0v) is 9.20. The maximum Gasteiger partial charge on any atom is 0.0756 e. The summed E-state index contributed by atoms with van der Waals surface area (Å²) in [6.45, 7) is 7.53. The Morgan fingerprint density at radius 2 is 2.14 bits per heavy atom. The summed E-state index contributed by atoms with van der Waals surface area (Å²) in [6, 6.07) is 0.341. The van der Waals surface area contributed by atoms with Crippen molar-refractivity contribution in [2.45, 2.75) is 33.2 Å². The molecule has 0 amide bonds. The molecule has 1 atom stereocenters. The number of hydrogen-bond donors (Lipinski definition) is 1. The molecule has 0 radical (unpaired) electrons. The highest BCUT2D eigenvalue weighted by Gasteiger charge is 2.12. The van der Waals surface area contributed by atoms with Crippen molar-refractivity contribution in [2.24, 2.45) is 5.92 Å². The Kier molecular flexibility index (Phi) is 4.53. The molecule has 1 rings (SSSR count). The van der Waals surface area contributed by atoms with E-state index >= 15 is 0 Å². The van der Waals surface area contributed by atoms with Gasteiger partial charge in [-0.05, 0) is 18.9 Å².